The lowest BCUT2D eigenvalue weighted by Crippen LogP contribution is -2.58. The van der Waals surface area contributed by atoms with Gasteiger partial charge in [-0.25, -0.2) is 9.59 Å². The summed E-state index contributed by atoms with van der Waals surface area (Å²) in [6.07, 6.45) is 20.9. The van der Waals surface area contributed by atoms with E-state index >= 15 is 0 Å². The molecule has 0 unspecified atom stereocenters. The molecule has 0 radical (unpaired) electrons. The van der Waals surface area contributed by atoms with Crippen LogP contribution in [-0.4, -0.2) is 31.5 Å². The van der Waals surface area contributed by atoms with Crippen LogP contribution in [0.3, 0.4) is 0 Å². The summed E-state index contributed by atoms with van der Waals surface area (Å²) in [5, 5.41) is 12.1. The summed E-state index contributed by atoms with van der Waals surface area (Å²) >= 11 is 0. The van der Waals surface area contributed by atoms with Crippen LogP contribution in [0.2, 0.25) is 16.1 Å². The predicted molar refractivity (Wildman–Crippen MR) is 181 cm³/mol. The number of carboxylic acid groups (broad SMARTS) is 1. The molecule has 0 fully saturated rings. The highest BCUT2D eigenvalue weighted by atomic mass is 28.4. The highest BCUT2D eigenvalue weighted by Gasteiger charge is 2.57. The molecule has 1 aromatic carbocycles. The first kappa shape index (κ1) is 38.2. The number of aliphatic carboxylic acids is 1. The van der Waals surface area contributed by atoms with E-state index in [0.717, 1.165) is 24.4 Å². The standard InChI is InChI=1S/C36H65NO4Si/c1-8-9-10-11-12-13-14-15-16-17-18-19-20-21-22-26-29-42(35(2,3)4,36(5,6)7)41-34(40)37-32(33(38)39)30-31-27-24-23-25-28-31/h23-25,27-28,32H,8-22,26,29-30H2,1-7H3,(H,37,40)(H,38,39)/t32-/m0/s1. The topological polar surface area (TPSA) is 75.6 Å². The van der Waals surface area contributed by atoms with Gasteiger partial charge in [0.05, 0.1) is 0 Å². The van der Waals surface area contributed by atoms with Gasteiger partial charge in [0.1, 0.15) is 6.04 Å². The SMILES string of the molecule is CCCCCCCCCCCCCCCCCC[Si](OC(=O)N[C@@H](Cc1ccccc1)C(=O)O)(C(C)(C)C)C(C)(C)C. The minimum Gasteiger partial charge on any atom is -0.502 e. The number of unbranched alkanes of at least 4 members (excludes halogenated alkanes) is 15. The molecule has 1 rings (SSSR count). The van der Waals surface area contributed by atoms with Crippen LogP contribution in [-0.2, 0) is 15.6 Å². The largest absolute Gasteiger partial charge is 0.502 e. The Morgan fingerprint density at radius 1 is 0.714 bits per heavy atom. The van der Waals surface area contributed by atoms with E-state index in [1.54, 1.807) is 0 Å². The van der Waals surface area contributed by atoms with Crippen LogP contribution in [0, 0.1) is 0 Å². The van der Waals surface area contributed by atoms with Crippen molar-refractivity contribution in [1.82, 2.24) is 5.32 Å². The maximum atomic E-state index is 13.3. The van der Waals surface area contributed by atoms with Gasteiger partial charge in [-0.3, -0.25) is 0 Å². The average molecular weight is 604 g/mol. The molecule has 0 aliphatic rings. The van der Waals surface area contributed by atoms with Crippen molar-refractivity contribution in [1.29, 1.82) is 0 Å². The summed E-state index contributed by atoms with van der Waals surface area (Å²) in [5.74, 6) is -1.05. The lowest BCUT2D eigenvalue weighted by atomic mass is 10.0. The number of hydrogen-bond acceptors (Lipinski definition) is 3. The molecule has 0 aromatic heterocycles. The molecule has 1 aromatic rings. The Morgan fingerprint density at radius 2 is 1.12 bits per heavy atom. The zero-order valence-corrected chi connectivity index (χ0v) is 29.4. The molecule has 242 valence electrons. The van der Waals surface area contributed by atoms with Crippen LogP contribution >= 0.6 is 0 Å². The van der Waals surface area contributed by atoms with E-state index in [0.29, 0.717) is 0 Å². The third kappa shape index (κ3) is 14.6. The second kappa shape index (κ2) is 20.2. The van der Waals surface area contributed by atoms with E-state index in [4.69, 9.17) is 4.43 Å². The van der Waals surface area contributed by atoms with E-state index in [1.165, 1.54) is 89.9 Å². The Hall–Kier alpha value is -1.82. The van der Waals surface area contributed by atoms with E-state index in [1.807, 2.05) is 30.3 Å². The summed E-state index contributed by atoms with van der Waals surface area (Å²) in [4.78, 5) is 25.2. The molecule has 0 saturated heterocycles. The fourth-order valence-corrected chi connectivity index (χ4v) is 12.1. The van der Waals surface area contributed by atoms with Gasteiger partial charge in [0, 0.05) is 6.42 Å². The zero-order chi connectivity index (χ0) is 31.5. The third-order valence-electron chi connectivity index (χ3n) is 8.95. The van der Waals surface area contributed by atoms with E-state index in [2.05, 4.69) is 53.8 Å². The minimum absolute atomic E-state index is 0.184. The van der Waals surface area contributed by atoms with Gasteiger partial charge in [-0.1, -0.05) is 182 Å². The predicted octanol–water partition coefficient (Wildman–Crippen LogP) is 11.2. The summed E-state index contributed by atoms with van der Waals surface area (Å²) in [6.45, 7) is 15.4. The Morgan fingerprint density at radius 3 is 1.50 bits per heavy atom. The monoisotopic (exact) mass is 603 g/mol. The number of nitrogens with one attached hydrogen (secondary N) is 1. The number of rotatable bonds is 22. The Kier molecular flexibility index (Phi) is 18.4. The Balaban J connectivity index is 2.50. The maximum absolute atomic E-state index is 13.3. The van der Waals surface area contributed by atoms with Gasteiger partial charge in [-0.05, 0) is 21.7 Å². The van der Waals surface area contributed by atoms with Crippen LogP contribution in [0.25, 0.3) is 0 Å². The van der Waals surface area contributed by atoms with Crippen molar-refractivity contribution >= 4 is 20.4 Å². The molecule has 0 spiro atoms. The molecular weight excluding hydrogens is 538 g/mol. The van der Waals surface area contributed by atoms with Crippen LogP contribution in [0.4, 0.5) is 4.79 Å². The van der Waals surface area contributed by atoms with Gasteiger partial charge < -0.3 is 14.8 Å². The number of carbonyl (C=O) groups is 2. The second-order valence-corrected chi connectivity index (χ2v) is 19.9. The van der Waals surface area contributed by atoms with Gasteiger partial charge >= 0.3 is 12.1 Å². The lowest BCUT2D eigenvalue weighted by molar-refractivity contribution is -0.139. The summed E-state index contributed by atoms with van der Waals surface area (Å²) < 4.78 is 6.44. The third-order valence-corrected chi connectivity index (χ3v) is 15.4. The van der Waals surface area contributed by atoms with E-state index in [9.17, 15) is 14.7 Å². The molecule has 5 nitrogen and oxygen atoms in total. The summed E-state index contributed by atoms with van der Waals surface area (Å²) in [7, 11) is -2.67. The molecule has 1 atom stereocenters. The second-order valence-electron chi connectivity index (χ2n) is 14.5. The Bertz CT molecular complexity index is 845. The van der Waals surface area contributed by atoms with Gasteiger partial charge in [-0.15, -0.1) is 0 Å². The normalized spacial score (nSPS) is 13.1. The van der Waals surface area contributed by atoms with Crippen molar-refractivity contribution in [3.8, 4) is 0 Å². The van der Waals surface area contributed by atoms with Crippen molar-refractivity contribution in [3.63, 3.8) is 0 Å². The summed E-state index contributed by atoms with van der Waals surface area (Å²) in [5.41, 5.74) is 0.869. The fourth-order valence-electron chi connectivity index (χ4n) is 6.53. The molecule has 2 N–H and O–H groups in total. The molecule has 0 bridgehead atoms. The molecule has 0 heterocycles. The first-order chi connectivity index (χ1) is 19.8. The molecular formula is C36H65NO4Si. The maximum Gasteiger partial charge on any atom is 0.394 e. The number of benzene rings is 1. The van der Waals surface area contributed by atoms with Crippen LogP contribution in [0.1, 0.15) is 157 Å². The average Bonchev–Trinajstić information content (AvgIpc) is 2.91. The molecule has 0 saturated carbocycles. The molecule has 0 aliphatic heterocycles. The van der Waals surface area contributed by atoms with Gasteiger partial charge in [0.25, 0.3) is 8.32 Å². The smallest absolute Gasteiger partial charge is 0.394 e. The van der Waals surface area contributed by atoms with E-state index < -0.39 is 26.4 Å². The van der Waals surface area contributed by atoms with E-state index in [-0.39, 0.29) is 16.5 Å². The number of carbonyl (C=O) groups excluding carboxylic acids is 1. The quantitative estimate of drug-likeness (QED) is 0.102. The fraction of sp³-hybridized carbons (Fsp3) is 0.778. The number of amides is 1. The Labute approximate surface area is 260 Å². The molecule has 0 aliphatic carbocycles. The first-order valence-electron chi connectivity index (χ1n) is 17.1. The number of hydrogen-bond donors (Lipinski definition) is 2. The minimum atomic E-state index is -2.67. The van der Waals surface area contributed by atoms with Crippen molar-refractivity contribution in [2.75, 3.05) is 0 Å². The van der Waals surface area contributed by atoms with Gasteiger partial charge in [0.15, 0.2) is 0 Å². The molecule has 42 heavy (non-hydrogen) atoms. The van der Waals surface area contributed by atoms with Gasteiger partial charge in [-0.2, -0.15) is 0 Å². The lowest BCUT2D eigenvalue weighted by Gasteiger charge is -2.50. The number of carboxylic acids is 1. The highest BCUT2D eigenvalue weighted by Crippen LogP contribution is 2.54. The van der Waals surface area contributed by atoms with Crippen LogP contribution in [0.15, 0.2) is 30.3 Å². The summed E-state index contributed by atoms with van der Waals surface area (Å²) in [6, 6.07) is 9.27. The zero-order valence-electron chi connectivity index (χ0n) is 28.4. The van der Waals surface area contributed by atoms with Crippen molar-refractivity contribution in [3.05, 3.63) is 35.9 Å². The van der Waals surface area contributed by atoms with Gasteiger partial charge in [0.2, 0.25) is 0 Å². The van der Waals surface area contributed by atoms with Crippen molar-refractivity contribution in [2.24, 2.45) is 0 Å². The van der Waals surface area contributed by atoms with Crippen molar-refractivity contribution in [2.45, 2.75) is 180 Å². The van der Waals surface area contributed by atoms with Crippen molar-refractivity contribution < 1.29 is 19.1 Å². The molecule has 1 amide bonds. The first-order valence-corrected chi connectivity index (χ1v) is 19.2. The highest BCUT2D eigenvalue weighted by molar-refractivity contribution is 6.80. The van der Waals surface area contributed by atoms with Crippen LogP contribution in [0.5, 0.6) is 0 Å². The van der Waals surface area contributed by atoms with Crippen LogP contribution < -0.4 is 5.32 Å². The molecule has 6 heteroatoms.